The average Bonchev–Trinajstić information content (AvgIpc) is 2.29. The second-order valence-electron chi connectivity index (χ2n) is 4.33. The van der Waals surface area contributed by atoms with Gasteiger partial charge in [-0.1, -0.05) is 6.07 Å². The van der Waals surface area contributed by atoms with Crippen molar-refractivity contribution >= 4 is 10.8 Å². The minimum absolute atomic E-state index is 0.118. The number of hydrogen-bond donors (Lipinski definition) is 1. The molecule has 0 saturated heterocycles. The molecule has 0 heterocycles. The Hall–Kier alpha value is -0.670. The third kappa shape index (κ3) is 2.92. The second kappa shape index (κ2) is 5.60. The molecular weight excluding hydrogens is 218 g/mol. The summed E-state index contributed by atoms with van der Waals surface area (Å²) >= 11 is 0. The van der Waals surface area contributed by atoms with Crippen LogP contribution in [0.2, 0.25) is 0 Å². The van der Waals surface area contributed by atoms with Gasteiger partial charge in [-0.05, 0) is 58.0 Å². The van der Waals surface area contributed by atoms with E-state index in [4.69, 9.17) is 0 Å². The molecule has 16 heavy (non-hydrogen) atoms. The van der Waals surface area contributed by atoms with Gasteiger partial charge in [0.1, 0.15) is 0 Å². The van der Waals surface area contributed by atoms with Crippen LogP contribution in [-0.4, -0.2) is 22.5 Å². The topological polar surface area (TPSA) is 29.1 Å². The Labute approximate surface area is 101 Å². The first-order valence-corrected chi connectivity index (χ1v) is 6.83. The van der Waals surface area contributed by atoms with Gasteiger partial charge in [0, 0.05) is 10.9 Å². The molecule has 0 aliphatic heterocycles. The van der Waals surface area contributed by atoms with Gasteiger partial charge in [0.25, 0.3) is 0 Å². The molecule has 0 aliphatic rings. The standard InChI is InChI=1S/C13H21NOS/c1-9-6-7-13(8-10(9)2)16(15)12(4)11(3)14-5/h6-8,11-12,14H,1-5H3. The SMILES string of the molecule is CNC(C)C(C)S(=O)c1ccc(C)c(C)c1. The summed E-state index contributed by atoms with van der Waals surface area (Å²) < 4.78 is 12.3. The van der Waals surface area contributed by atoms with E-state index in [0.717, 1.165) is 4.90 Å². The molecule has 0 spiro atoms. The predicted molar refractivity (Wildman–Crippen MR) is 70.3 cm³/mol. The minimum Gasteiger partial charge on any atom is -0.316 e. The summed E-state index contributed by atoms with van der Waals surface area (Å²) in [6, 6.07) is 6.29. The largest absolute Gasteiger partial charge is 0.316 e. The van der Waals surface area contributed by atoms with Gasteiger partial charge in [-0.3, -0.25) is 4.21 Å². The molecule has 0 saturated carbocycles. The lowest BCUT2D eigenvalue weighted by Gasteiger charge is -2.19. The van der Waals surface area contributed by atoms with Crippen molar-refractivity contribution < 1.29 is 4.21 Å². The predicted octanol–water partition coefficient (Wildman–Crippen LogP) is 2.41. The van der Waals surface area contributed by atoms with E-state index in [2.05, 4.69) is 26.1 Å². The van der Waals surface area contributed by atoms with Crippen LogP contribution in [0.25, 0.3) is 0 Å². The minimum atomic E-state index is -0.939. The van der Waals surface area contributed by atoms with Crippen molar-refractivity contribution in [1.29, 1.82) is 0 Å². The Kier molecular flexibility index (Phi) is 4.69. The quantitative estimate of drug-likeness (QED) is 0.874. The third-order valence-electron chi connectivity index (χ3n) is 3.21. The van der Waals surface area contributed by atoms with E-state index in [1.54, 1.807) is 0 Å². The number of nitrogens with one attached hydrogen (secondary N) is 1. The molecule has 0 radical (unpaired) electrons. The summed E-state index contributed by atoms with van der Waals surface area (Å²) in [5, 5.41) is 3.27. The van der Waals surface area contributed by atoms with E-state index in [9.17, 15) is 4.21 Å². The first-order chi connectivity index (χ1) is 7.47. The number of rotatable bonds is 4. The summed E-state index contributed by atoms with van der Waals surface area (Å²) in [5.41, 5.74) is 2.45. The molecular formula is C13H21NOS. The molecule has 0 bridgehead atoms. The number of hydrogen-bond acceptors (Lipinski definition) is 2. The van der Waals surface area contributed by atoms with E-state index < -0.39 is 10.8 Å². The first kappa shape index (κ1) is 13.4. The summed E-state index contributed by atoms with van der Waals surface area (Å²) in [5.74, 6) is 0. The van der Waals surface area contributed by atoms with Crippen molar-refractivity contribution in [3.63, 3.8) is 0 Å². The molecule has 3 atom stereocenters. The van der Waals surface area contributed by atoms with E-state index >= 15 is 0 Å². The second-order valence-corrected chi connectivity index (χ2v) is 6.14. The fourth-order valence-corrected chi connectivity index (χ4v) is 2.91. The van der Waals surface area contributed by atoms with Crippen LogP contribution in [-0.2, 0) is 10.8 Å². The highest BCUT2D eigenvalue weighted by atomic mass is 32.2. The van der Waals surface area contributed by atoms with Gasteiger partial charge >= 0.3 is 0 Å². The summed E-state index contributed by atoms with van der Waals surface area (Å²) in [6.07, 6.45) is 0. The lowest BCUT2D eigenvalue weighted by atomic mass is 10.1. The van der Waals surface area contributed by atoms with Crippen LogP contribution in [0.15, 0.2) is 23.1 Å². The fourth-order valence-electron chi connectivity index (χ4n) is 1.47. The first-order valence-electron chi connectivity index (χ1n) is 5.62. The van der Waals surface area contributed by atoms with Crippen LogP contribution >= 0.6 is 0 Å². The highest BCUT2D eigenvalue weighted by Gasteiger charge is 2.18. The van der Waals surface area contributed by atoms with E-state index in [1.807, 2.05) is 32.2 Å². The number of aryl methyl sites for hydroxylation is 2. The van der Waals surface area contributed by atoms with Crippen molar-refractivity contribution in [3.05, 3.63) is 29.3 Å². The summed E-state index contributed by atoms with van der Waals surface area (Å²) in [4.78, 5) is 0.928. The Balaban J connectivity index is 2.92. The van der Waals surface area contributed by atoms with Gasteiger partial charge in [0.2, 0.25) is 0 Å². The molecule has 0 aliphatic carbocycles. The molecule has 3 heteroatoms. The Morgan fingerprint density at radius 3 is 2.31 bits per heavy atom. The normalized spacial score (nSPS) is 16.8. The fraction of sp³-hybridized carbons (Fsp3) is 0.538. The van der Waals surface area contributed by atoms with Crippen molar-refractivity contribution in [3.8, 4) is 0 Å². The maximum Gasteiger partial charge on any atom is 0.0573 e. The summed E-state index contributed by atoms with van der Waals surface area (Å²) in [7, 11) is 0.962. The van der Waals surface area contributed by atoms with Crippen LogP contribution in [0, 0.1) is 13.8 Å². The van der Waals surface area contributed by atoms with Gasteiger partial charge in [-0.15, -0.1) is 0 Å². The molecule has 0 amide bonds. The van der Waals surface area contributed by atoms with Crippen LogP contribution < -0.4 is 5.32 Å². The van der Waals surface area contributed by atoms with Crippen LogP contribution in [0.5, 0.6) is 0 Å². The molecule has 1 rings (SSSR count). The lowest BCUT2D eigenvalue weighted by molar-refractivity contribution is 0.584. The number of benzene rings is 1. The highest BCUT2D eigenvalue weighted by Crippen LogP contribution is 2.17. The summed E-state index contributed by atoms with van der Waals surface area (Å²) in [6.45, 7) is 8.21. The molecule has 0 aromatic heterocycles. The zero-order valence-electron chi connectivity index (χ0n) is 10.7. The molecule has 3 unspecified atom stereocenters. The van der Waals surface area contributed by atoms with Crippen LogP contribution in [0.3, 0.4) is 0 Å². The van der Waals surface area contributed by atoms with Crippen LogP contribution in [0.4, 0.5) is 0 Å². The zero-order chi connectivity index (χ0) is 12.3. The average molecular weight is 239 g/mol. The Morgan fingerprint density at radius 2 is 1.81 bits per heavy atom. The van der Waals surface area contributed by atoms with Gasteiger partial charge in [0.15, 0.2) is 0 Å². The molecule has 1 aromatic carbocycles. The zero-order valence-corrected chi connectivity index (χ0v) is 11.5. The Morgan fingerprint density at radius 1 is 1.19 bits per heavy atom. The lowest BCUT2D eigenvalue weighted by Crippen LogP contribution is -2.35. The van der Waals surface area contributed by atoms with Gasteiger partial charge in [-0.2, -0.15) is 0 Å². The van der Waals surface area contributed by atoms with Crippen molar-refractivity contribution in [2.24, 2.45) is 0 Å². The Bertz CT molecular complexity index is 390. The molecule has 90 valence electrons. The molecule has 2 nitrogen and oxygen atoms in total. The third-order valence-corrected chi connectivity index (χ3v) is 5.01. The molecule has 1 aromatic rings. The van der Waals surface area contributed by atoms with Gasteiger partial charge < -0.3 is 5.32 Å². The van der Waals surface area contributed by atoms with E-state index in [1.165, 1.54) is 11.1 Å². The molecule has 1 N–H and O–H groups in total. The van der Waals surface area contributed by atoms with Crippen molar-refractivity contribution in [2.45, 2.75) is 43.9 Å². The van der Waals surface area contributed by atoms with Crippen LogP contribution in [0.1, 0.15) is 25.0 Å². The smallest absolute Gasteiger partial charge is 0.0573 e. The van der Waals surface area contributed by atoms with Gasteiger partial charge in [-0.25, -0.2) is 0 Å². The highest BCUT2D eigenvalue weighted by molar-refractivity contribution is 7.85. The van der Waals surface area contributed by atoms with Crippen molar-refractivity contribution in [1.82, 2.24) is 5.32 Å². The monoisotopic (exact) mass is 239 g/mol. The maximum atomic E-state index is 12.3. The molecule has 0 fully saturated rings. The van der Waals surface area contributed by atoms with E-state index in [-0.39, 0.29) is 11.3 Å². The van der Waals surface area contributed by atoms with Gasteiger partial charge in [0.05, 0.1) is 16.0 Å². The van der Waals surface area contributed by atoms with Crippen molar-refractivity contribution in [2.75, 3.05) is 7.05 Å². The van der Waals surface area contributed by atoms with E-state index in [0.29, 0.717) is 0 Å². The maximum absolute atomic E-state index is 12.3.